The van der Waals surface area contributed by atoms with Crippen LogP contribution in [-0.2, 0) is 111 Å². The van der Waals surface area contributed by atoms with Crippen molar-refractivity contribution in [1.82, 2.24) is 40.8 Å². The maximum absolute atomic E-state index is 13.8. The Morgan fingerprint density at radius 1 is 0.244 bits per heavy atom. The molecule has 0 aliphatic carbocycles. The molecule has 0 aliphatic rings. The Bertz CT molecular complexity index is 7440. The topological polar surface area (TPSA) is 103 Å². The minimum atomic E-state index is -5.19. The van der Waals surface area contributed by atoms with Crippen LogP contribution in [0.4, 0.5) is 65.9 Å². The molecule has 646 valence electrons. The standard InChI is InChI=1S/C24H11F6N2S.3C24H14F3N2S.4Ir/c25-23(26,27)18-8-7-15(12-19(18)24(28,29)30)21-16-10-13-4-1-2-5-14(13)11-17(16)22(32-31-21)20-6-3-9-33-20;1-14-6-4-9-19(24(25,26)27)21(14)23-18-13-16-8-3-2-7-15(16)12-17(18)22(28-29-23)20-10-5-11-30-20;1-14-8-9-17(24(25,26)27)13-18(14)22-19-11-15-5-2-3-6-16(15)12-20(19)23(29-28-22)21-7-4-10-30-21;1-14-9-17(11-18(10-14)24(25,26)27)22-19-12-15-5-2-3-6-16(15)13-20(19)23(29-28-22)21-7-4-8-30-21;;;;/h1-5,7-12H;2-9,11-13H,1H3;2*2-6,8-13H,1H3;;;;/q4*-1;;;;. The van der Waals surface area contributed by atoms with Crippen LogP contribution in [0, 0.1) is 45.0 Å². The van der Waals surface area contributed by atoms with Crippen LogP contribution >= 0.6 is 45.3 Å². The number of nitrogens with zero attached hydrogens (tertiary/aromatic N) is 8. The molecule has 0 saturated carbocycles. The zero-order chi connectivity index (χ0) is 86.0. The molecular weight excluding hydrogens is 2450 g/mol. The number of rotatable bonds is 8. The first-order chi connectivity index (χ1) is 58.9. The second kappa shape index (κ2) is 38.0. The number of alkyl halides is 15. The quantitative estimate of drug-likeness (QED) is 0.0842. The van der Waals surface area contributed by atoms with Gasteiger partial charge in [-0.15, -0.1) is 21.5 Å². The van der Waals surface area contributed by atoms with Crippen LogP contribution in [0.2, 0.25) is 0 Å². The average Bonchev–Trinajstić information content (AvgIpc) is 1.33. The van der Waals surface area contributed by atoms with Gasteiger partial charge in [0.2, 0.25) is 0 Å². The number of halogens is 15. The third-order valence-electron chi connectivity index (χ3n) is 20.5. The second-order valence-corrected chi connectivity index (χ2v) is 32.2. The molecule has 31 heteroatoms. The Balaban J connectivity index is 0.000000143. The summed E-state index contributed by atoms with van der Waals surface area (Å²) in [5, 5.41) is 55.5. The van der Waals surface area contributed by atoms with Gasteiger partial charge in [0.15, 0.2) is 0 Å². The van der Waals surface area contributed by atoms with Crippen molar-refractivity contribution in [3.63, 3.8) is 0 Å². The van der Waals surface area contributed by atoms with Gasteiger partial charge in [-0.1, -0.05) is 165 Å². The largest absolute Gasteiger partial charge is 0.417 e. The van der Waals surface area contributed by atoms with E-state index in [1.807, 2.05) is 173 Å². The smallest absolute Gasteiger partial charge is 0.237 e. The van der Waals surface area contributed by atoms with Crippen LogP contribution in [0.5, 0.6) is 0 Å². The van der Waals surface area contributed by atoms with E-state index < -0.39 is 58.7 Å². The first kappa shape index (κ1) is 94.0. The first-order valence-electron chi connectivity index (χ1n) is 37.3. The van der Waals surface area contributed by atoms with Gasteiger partial charge in [0, 0.05) is 147 Å². The van der Waals surface area contributed by atoms with E-state index in [0.717, 1.165) is 121 Å². The number of hydrogen-bond donors (Lipinski definition) is 0. The summed E-state index contributed by atoms with van der Waals surface area (Å²) in [7, 11) is 0. The second-order valence-electron chi connectivity index (χ2n) is 28.5. The molecule has 0 spiro atoms. The van der Waals surface area contributed by atoms with E-state index in [1.54, 1.807) is 51.1 Å². The van der Waals surface area contributed by atoms with Crippen LogP contribution in [0.15, 0.2) is 264 Å². The van der Waals surface area contributed by atoms with Gasteiger partial charge >= 0.3 is 30.9 Å². The van der Waals surface area contributed by atoms with Gasteiger partial charge in [0.1, 0.15) is 0 Å². The Hall–Kier alpha value is -10.6. The van der Waals surface area contributed by atoms with E-state index in [4.69, 9.17) is 0 Å². The molecular formula is C96H53F15Ir4N8S4-4. The summed E-state index contributed by atoms with van der Waals surface area (Å²) < 4.78 is 202. The van der Waals surface area contributed by atoms with Gasteiger partial charge in [-0.3, -0.25) is 0 Å². The van der Waals surface area contributed by atoms with E-state index in [9.17, 15) is 65.9 Å². The molecule has 0 fully saturated rings. The average molecular weight is 2500 g/mol. The fourth-order valence-electron chi connectivity index (χ4n) is 14.8. The van der Waals surface area contributed by atoms with E-state index in [2.05, 4.69) is 65.1 Å². The molecule has 4 radical (unpaired) electrons. The fourth-order valence-corrected chi connectivity index (χ4v) is 17.5. The van der Waals surface area contributed by atoms with Gasteiger partial charge in [0.05, 0.1) is 50.6 Å². The van der Waals surface area contributed by atoms with Crippen LogP contribution in [0.3, 0.4) is 0 Å². The molecule has 20 aromatic rings. The first-order valence-corrected chi connectivity index (χ1v) is 40.8. The maximum atomic E-state index is 13.8. The number of aryl methyl sites for hydroxylation is 3. The molecule has 0 N–H and O–H groups in total. The van der Waals surface area contributed by atoms with Crippen molar-refractivity contribution in [2.45, 2.75) is 51.7 Å². The number of benzene rings is 12. The Labute approximate surface area is 783 Å². The van der Waals surface area contributed by atoms with Crippen molar-refractivity contribution in [3.05, 3.63) is 333 Å². The third-order valence-corrected chi connectivity index (χ3v) is 23.8. The minimum Gasteiger partial charge on any atom is -0.237 e. The Morgan fingerprint density at radius 3 is 0.913 bits per heavy atom. The number of aromatic nitrogens is 8. The maximum Gasteiger partial charge on any atom is 0.417 e. The zero-order valence-corrected chi connectivity index (χ0v) is 78.0. The molecule has 0 amide bonds. The summed E-state index contributed by atoms with van der Waals surface area (Å²) in [6.07, 6.45) is -23.7. The zero-order valence-electron chi connectivity index (χ0n) is 65.1. The third kappa shape index (κ3) is 19.6. The van der Waals surface area contributed by atoms with Crippen molar-refractivity contribution in [3.8, 4) is 87.3 Å². The fraction of sp³-hybridized carbons (Fsp3) is 0.0833. The normalized spacial score (nSPS) is 11.8. The molecule has 8 nitrogen and oxygen atoms in total. The van der Waals surface area contributed by atoms with Gasteiger partial charge in [0.25, 0.3) is 0 Å². The molecule has 0 atom stereocenters. The molecule has 0 aliphatic heterocycles. The summed E-state index contributed by atoms with van der Waals surface area (Å²) in [5.74, 6) is 0. The summed E-state index contributed by atoms with van der Waals surface area (Å²) in [5.41, 5.74) is 0.580. The van der Waals surface area contributed by atoms with Crippen molar-refractivity contribution < 1.29 is 146 Å². The van der Waals surface area contributed by atoms with Crippen molar-refractivity contribution in [1.29, 1.82) is 0 Å². The van der Waals surface area contributed by atoms with Gasteiger partial charge in [-0.2, -0.15) is 135 Å². The molecule has 0 bridgehead atoms. The number of fused-ring (bicyclic) bond motifs is 8. The molecule has 0 unspecified atom stereocenters. The SMILES string of the molecule is Cc1cc(-c2nnc(-c3[c-]ccs3)c3cc4ccccc4cc23)cc(C(F)(F)F)c1.Cc1ccc(C(F)(F)F)cc1-c1nnc(-c2[c-]ccs2)c2cc3ccccc3cc12.Cc1cccc(C(F)(F)F)c1-c1nnc(-c2[c-]ccs2)c2cc3ccccc3cc12.FC(F)(F)c1ccc(-c2nnc(-c3[c-]ccs3)c3cc4ccccc4cc23)cc1C(F)(F)F.[Ir].[Ir].[Ir].[Ir]. The summed E-state index contributed by atoms with van der Waals surface area (Å²) in [6, 6.07) is 79.9. The Kier molecular flexibility index (Phi) is 28.1. The van der Waals surface area contributed by atoms with Crippen molar-refractivity contribution >= 4 is 132 Å². The van der Waals surface area contributed by atoms with Gasteiger partial charge in [-0.05, 0) is 175 Å². The molecule has 8 aromatic heterocycles. The minimum absolute atomic E-state index is 0. The summed E-state index contributed by atoms with van der Waals surface area (Å²) in [4.78, 5) is 3.18. The molecule has 127 heavy (non-hydrogen) atoms. The van der Waals surface area contributed by atoms with Crippen molar-refractivity contribution in [2.24, 2.45) is 0 Å². The molecule has 8 heterocycles. The van der Waals surface area contributed by atoms with Crippen molar-refractivity contribution in [2.75, 3.05) is 0 Å². The van der Waals surface area contributed by atoms with E-state index in [0.29, 0.717) is 95.1 Å². The van der Waals surface area contributed by atoms with E-state index >= 15 is 0 Å². The number of thiophene rings is 4. The van der Waals surface area contributed by atoms with E-state index in [-0.39, 0.29) is 103 Å². The van der Waals surface area contributed by atoms with Gasteiger partial charge < -0.3 is 0 Å². The van der Waals surface area contributed by atoms with Crippen LogP contribution < -0.4 is 0 Å². The van der Waals surface area contributed by atoms with Crippen LogP contribution in [-0.4, -0.2) is 40.8 Å². The predicted molar refractivity (Wildman–Crippen MR) is 458 cm³/mol. The van der Waals surface area contributed by atoms with Gasteiger partial charge in [-0.25, -0.2) is 65.7 Å². The summed E-state index contributed by atoms with van der Waals surface area (Å²) >= 11 is 5.85. The number of hydrogen-bond acceptors (Lipinski definition) is 12. The molecule has 20 rings (SSSR count). The predicted octanol–water partition coefficient (Wildman–Crippen LogP) is 29.9. The van der Waals surface area contributed by atoms with Crippen LogP contribution in [0.25, 0.3) is 173 Å². The summed E-state index contributed by atoms with van der Waals surface area (Å²) in [6.45, 7) is 5.10. The monoisotopic (exact) mass is 2500 g/mol. The van der Waals surface area contributed by atoms with E-state index in [1.165, 1.54) is 57.5 Å². The van der Waals surface area contributed by atoms with Crippen LogP contribution in [0.1, 0.15) is 44.5 Å². The molecule has 0 saturated heterocycles. The molecule has 12 aromatic carbocycles. The Morgan fingerprint density at radius 2 is 0.567 bits per heavy atom.